The van der Waals surface area contributed by atoms with Crippen LogP contribution in [0.3, 0.4) is 0 Å². The number of nitrogens with one attached hydrogen (secondary N) is 1. The van der Waals surface area contributed by atoms with Crippen molar-refractivity contribution in [2.75, 3.05) is 18.0 Å². The predicted molar refractivity (Wildman–Crippen MR) is 97.3 cm³/mol. The molecule has 0 spiro atoms. The third kappa shape index (κ3) is 3.15. The zero-order valence-electron chi connectivity index (χ0n) is 13.5. The minimum Gasteiger partial charge on any atom is -0.451 e. The van der Waals surface area contributed by atoms with Gasteiger partial charge in [0, 0.05) is 36.8 Å². The number of fused-ring (bicyclic) bond motifs is 1. The molecule has 1 atom stereocenters. The molecule has 4 rings (SSSR count). The van der Waals surface area contributed by atoms with E-state index in [1.54, 1.807) is 41.8 Å². The monoisotopic (exact) mass is 355 g/mol. The SMILES string of the molecule is O=C(NCC1CCCN1c1nccs1)c1cc(=O)c2ccccc2o1. The number of hydrogen-bond acceptors (Lipinski definition) is 6. The van der Waals surface area contributed by atoms with Gasteiger partial charge in [0.25, 0.3) is 5.91 Å². The fourth-order valence-electron chi connectivity index (χ4n) is 3.17. The van der Waals surface area contributed by atoms with E-state index in [1.165, 1.54) is 6.07 Å². The van der Waals surface area contributed by atoms with Gasteiger partial charge < -0.3 is 14.6 Å². The van der Waals surface area contributed by atoms with Crippen LogP contribution in [0.1, 0.15) is 23.4 Å². The van der Waals surface area contributed by atoms with Crippen LogP contribution < -0.4 is 15.6 Å². The number of para-hydroxylation sites is 1. The second kappa shape index (κ2) is 6.68. The lowest BCUT2D eigenvalue weighted by Gasteiger charge is -2.24. The van der Waals surface area contributed by atoms with Gasteiger partial charge in [0.15, 0.2) is 16.3 Å². The standard InChI is InChI=1S/C18H17N3O3S/c22-14-10-16(24-15-6-2-1-5-13(14)15)17(23)20-11-12-4-3-8-21(12)18-19-7-9-25-18/h1-2,5-7,9-10,12H,3-4,8,11H2,(H,20,23). The Morgan fingerprint density at radius 1 is 1.40 bits per heavy atom. The van der Waals surface area contributed by atoms with Crippen LogP contribution in [0.15, 0.2) is 51.1 Å². The van der Waals surface area contributed by atoms with Gasteiger partial charge in [0.1, 0.15) is 5.58 Å². The number of carbonyl (C=O) groups is 1. The number of nitrogens with zero attached hydrogens (tertiary/aromatic N) is 2. The first kappa shape index (κ1) is 15.8. The summed E-state index contributed by atoms with van der Waals surface area (Å²) in [6.45, 7) is 1.44. The molecule has 25 heavy (non-hydrogen) atoms. The number of carbonyl (C=O) groups excluding carboxylic acids is 1. The minimum absolute atomic E-state index is 0.0440. The first-order valence-electron chi connectivity index (χ1n) is 8.19. The number of benzene rings is 1. The van der Waals surface area contributed by atoms with E-state index >= 15 is 0 Å². The van der Waals surface area contributed by atoms with Gasteiger partial charge in [-0.15, -0.1) is 11.3 Å². The number of anilines is 1. The number of thiazole rings is 1. The van der Waals surface area contributed by atoms with E-state index in [4.69, 9.17) is 4.42 Å². The van der Waals surface area contributed by atoms with Crippen molar-refractivity contribution >= 4 is 33.3 Å². The lowest BCUT2D eigenvalue weighted by molar-refractivity contribution is 0.0924. The van der Waals surface area contributed by atoms with Crippen molar-refractivity contribution in [1.29, 1.82) is 0 Å². The summed E-state index contributed by atoms with van der Waals surface area (Å²) >= 11 is 1.60. The second-order valence-electron chi connectivity index (χ2n) is 5.99. The Bertz CT molecular complexity index is 952. The molecule has 2 aromatic heterocycles. The topological polar surface area (TPSA) is 75.4 Å². The molecule has 0 aliphatic carbocycles. The smallest absolute Gasteiger partial charge is 0.287 e. The van der Waals surface area contributed by atoms with E-state index < -0.39 is 0 Å². The van der Waals surface area contributed by atoms with Crippen molar-refractivity contribution in [2.45, 2.75) is 18.9 Å². The molecular weight excluding hydrogens is 338 g/mol. The van der Waals surface area contributed by atoms with Crippen LogP contribution in [0, 0.1) is 0 Å². The zero-order chi connectivity index (χ0) is 17.2. The van der Waals surface area contributed by atoms with Crippen LogP contribution in [0.2, 0.25) is 0 Å². The van der Waals surface area contributed by atoms with Gasteiger partial charge in [-0.2, -0.15) is 0 Å². The summed E-state index contributed by atoms with van der Waals surface area (Å²) in [7, 11) is 0. The fraction of sp³-hybridized carbons (Fsp3) is 0.278. The molecule has 0 radical (unpaired) electrons. The Morgan fingerprint density at radius 3 is 3.12 bits per heavy atom. The summed E-state index contributed by atoms with van der Waals surface area (Å²) in [5.41, 5.74) is 0.211. The van der Waals surface area contributed by atoms with Crippen LogP contribution in [0.25, 0.3) is 11.0 Å². The van der Waals surface area contributed by atoms with Crippen LogP contribution in [-0.2, 0) is 0 Å². The number of amides is 1. The quantitative estimate of drug-likeness (QED) is 0.779. The van der Waals surface area contributed by atoms with Crippen molar-refractivity contribution in [2.24, 2.45) is 0 Å². The first-order valence-corrected chi connectivity index (χ1v) is 9.07. The lowest BCUT2D eigenvalue weighted by atomic mass is 10.2. The van der Waals surface area contributed by atoms with Gasteiger partial charge in [-0.3, -0.25) is 9.59 Å². The van der Waals surface area contributed by atoms with Gasteiger partial charge in [0.05, 0.1) is 5.39 Å². The largest absolute Gasteiger partial charge is 0.451 e. The summed E-state index contributed by atoms with van der Waals surface area (Å²) < 4.78 is 5.58. The Kier molecular flexibility index (Phi) is 4.23. The van der Waals surface area contributed by atoms with Crippen molar-refractivity contribution in [3.05, 3.63) is 57.9 Å². The van der Waals surface area contributed by atoms with Crippen LogP contribution in [0.4, 0.5) is 5.13 Å². The third-order valence-corrected chi connectivity index (χ3v) is 5.21. The summed E-state index contributed by atoms with van der Waals surface area (Å²) in [5.74, 6) is -0.323. The van der Waals surface area contributed by atoms with Gasteiger partial charge in [-0.25, -0.2) is 4.98 Å². The average molecular weight is 355 g/mol. The molecule has 1 fully saturated rings. The average Bonchev–Trinajstić information content (AvgIpc) is 3.30. The van der Waals surface area contributed by atoms with Gasteiger partial charge in [-0.05, 0) is 25.0 Å². The Morgan fingerprint density at radius 2 is 2.28 bits per heavy atom. The van der Waals surface area contributed by atoms with Crippen molar-refractivity contribution in [3.8, 4) is 0 Å². The molecule has 6 nitrogen and oxygen atoms in total. The molecular formula is C18H17N3O3S. The Balaban J connectivity index is 1.48. The lowest BCUT2D eigenvalue weighted by Crippen LogP contribution is -2.40. The fourth-order valence-corrected chi connectivity index (χ4v) is 3.91. The van der Waals surface area contributed by atoms with E-state index in [2.05, 4.69) is 15.2 Å². The number of hydrogen-bond donors (Lipinski definition) is 1. The molecule has 0 bridgehead atoms. The Labute approximate surface area is 148 Å². The minimum atomic E-state index is -0.367. The maximum Gasteiger partial charge on any atom is 0.287 e. The van der Waals surface area contributed by atoms with E-state index in [1.807, 2.05) is 5.38 Å². The van der Waals surface area contributed by atoms with Crippen LogP contribution >= 0.6 is 11.3 Å². The highest BCUT2D eigenvalue weighted by molar-refractivity contribution is 7.13. The maximum atomic E-state index is 12.4. The van der Waals surface area contributed by atoms with Crippen molar-refractivity contribution in [1.82, 2.24) is 10.3 Å². The van der Waals surface area contributed by atoms with Gasteiger partial charge in [-0.1, -0.05) is 12.1 Å². The summed E-state index contributed by atoms with van der Waals surface area (Å²) in [6, 6.07) is 8.39. The molecule has 3 aromatic rings. The Hall–Kier alpha value is -2.67. The van der Waals surface area contributed by atoms with E-state index in [0.29, 0.717) is 17.5 Å². The van der Waals surface area contributed by atoms with Crippen molar-refractivity contribution in [3.63, 3.8) is 0 Å². The molecule has 1 aromatic carbocycles. The number of rotatable bonds is 4. The molecule has 1 N–H and O–H groups in total. The maximum absolute atomic E-state index is 12.4. The normalized spacial score (nSPS) is 17.1. The van der Waals surface area contributed by atoms with E-state index in [9.17, 15) is 9.59 Å². The van der Waals surface area contributed by atoms with E-state index in [-0.39, 0.29) is 23.1 Å². The van der Waals surface area contributed by atoms with Crippen LogP contribution in [0.5, 0.6) is 0 Å². The molecule has 1 amide bonds. The summed E-state index contributed by atoms with van der Waals surface area (Å²) in [5, 5.41) is 6.30. The van der Waals surface area contributed by atoms with Crippen LogP contribution in [-0.4, -0.2) is 30.0 Å². The molecule has 1 aliphatic heterocycles. The van der Waals surface area contributed by atoms with Gasteiger partial charge in [0.2, 0.25) is 0 Å². The highest BCUT2D eigenvalue weighted by atomic mass is 32.1. The number of aromatic nitrogens is 1. The summed E-state index contributed by atoms with van der Waals surface area (Å²) in [4.78, 5) is 31.1. The van der Waals surface area contributed by atoms with E-state index in [0.717, 1.165) is 24.5 Å². The first-order chi connectivity index (χ1) is 12.2. The predicted octanol–water partition coefficient (Wildman–Crippen LogP) is 2.65. The third-order valence-electron chi connectivity index (χ3n) is 4.40. The highest BCUT2D eigenvalue weighted by Crippen LogP contribution is 2.26. The zero-order valence-corrected chi connectivity index (χ0v) is 14.3. The summed E-state index contributed by atoms with van der Waals surface area (Å²) in [6.07, 6.45) is 3.87. The molecule has 0 saturated carbocycles. The molecule has 3 heterocycles. The van der Waals surface area contributed by atoms with Gasteiger partial charge >= 0.3 is 0 Å². The second-order valence-corrected chi connectivity index (χ2v) is 6.86. The molecule has 1 aliphatic rings. The van der Waals surface area contributed by atoms with Crippen molar-refractivity contribution < 1.29 is 9.21 Å². The highest BCUT2D eigenvalue weighted by Gasteiger charge is 2.27. The molecule has 1 saturated heterocycles. The molecule has 7 heteroatoms. The molecule has 128 valence electrons. The molecule has 1 unspecified atom stereocenters.